The van der Waals surface area contributed by atoms with Gasteiger partial charge in [0.05, 0.1) is 16.2 Å². The van der Waals surface area contributed by atoms with Crippen molar-refractivity contribution in [3.63, 3.8) is 0 Å². The van der Waals surface area contributed by atoms with Crippen LogP contribution in [0.2, 0.25) is 0 Å². The molecule has 13 heteroatoms. The molecule has 274 valence electrons. The molecule has 1 saturated carbocycles. The van der Waals surface area contributed by atoms with Gasteiger partial charge in [-0.15, -0.1) is 0 Å². The molecule has 0 amide bonds. The molecule has 0 saturated heterocycles. The van der Waals surface area contributed by atoms with Gasteiger partial charge in [0.25, 0.3) is 0 Å². The lowest BCUT2D eigenvalue weighted by atomic mass is 9.89. The zero-order valence-electron chi connectivity index (χ0n) is 29.8. The van der Waals surface area contributed by atoms with Gasteiger partial charge in [-0.2, -0.15) is 26.3 Å². The van der Waals surface area contributed by atoms with Crippen LogP contribution >= 0.6 is 0 Å². The summed E-state index contributed by atoms with van der Waals surface area (Å²) < 4.78 is 87.0. The van der Waals surface area contributed by atoms with Gasteiger partial charge in [0, 0.05) is 6.42 Å². The molecule has 0 radical (unpaired) electrons. The Balaban J connectivity index is 0. The molecule has 1 fully saturated rings. The molecule has 1 aliphatic rings. The highest BCUT2D eigenvalue weighted by Gasteiger charge is 2.51. The van der Waals surface area contributed by atoms with Crippen molar-refractivity contribution in [2.75, 3.05) is 6.61 Å². The summed E-state index contributed by atoms with van der Waals surface area (Å²) in [6, 6.07) is 0. The van der Waals surface area contributed by atoms with Crippen molar-refractivity contribution in [2.24, 2.45) is 16.2 Å². The smallest absolute Gasteiger partial charge is 0.422 e. The van der Waals surface area contributed by atoms with Gasteiger partial charge in [0.1, 0.15) is 11.7 Å². The van der Waals surface area contributed by atoms with E-state index in [1.54, 1.807) is 41.5 Å². The van der Waals surface area contributed by atoms with Gasteiger partial charge in [-0.3, -0.25) is 14.4 Å². The first kappa shape index (κ1) is 46.1. The fraction of sp³-hybridized carbons (Fsp3) is 0.909. The maximum absolute atomic E-state index is 12.4. The highest BCUT2D eigenvalue weighted by Crippen LogP contribution is 2.38. The molecule has 0 aliphatic heterocycles. The summed E-state index contributed by atoms with van der Waals surface area (Å²) in [6.45, 7) is 18.5. The number of aliphatic hydroxyl groups is 1. The predicted octanol–water partition coefficient (Wildman–Crippen LogP) is 9.27. The molecule has 0 spiro atoms. The van der Waals surface area contributed by atoms with Gasteiger partial charge in [0.15, 0.2) is 12.2 Å². The first-order chi connectivity index (χ1) is 20.5. The number of esters is 3. The van der Waals surface area contributed by atoms with Gasteiger partial charge in [-0.1, -0.05) is 27.7 Å². The molecule has 0 bridgehead atoms. The second kappa shape index (κ2) is 17.9. The normalized spacial score (nSPS) is 17.3. The maximum Gasteiger partial charge on any atom is 0.422 e. The van der Waals surface area contributed by atoms with Crippen LogP contribution in [0.1, 0.15) is 141 Å². The summed E-state index contributed by atoms with van der Waals surface area (Å²) in [6.07, 6.45) is -3.59. The van der Waals surface area contributed by atoms with Gasteiger partial charge < -0.3 is 19.3 Å². The van der Waals surface area contributed by atoms with Crippen molar-refractivity contribution in [3.05, 3.63) is 0 Å². The zero-order chi connectivity index (χ0) is 37.0. The monoisotopic (exact) mass is 680 g/mol. The topological polar surface area (TPSA) is 99.1 Å². The van der Waals surface area contributed by atoms with E-state index in [9.17, 15) is 45.8 Å². The van der Waals surface area contributed by atoms with Crippen LogP contribution in [0.3, 0.4) is 0 Å². The van der Waals surface area contributed by atoms with Crippen molar-refractivity contribution >= 4 is 17.9 Å². The molecule has 1 rings (SSSR count). The molecule has 1 N–H and O–H groups in total. The summed E-state index contributed by atoms with van der Waals surface area (Å²) in [4.78, 5) is 34.7. The summed E-state index contributed by atoms with van der Waals surface area (Å²) in [5.41, 5.74) is -4.90. The minimum atomic E-state index is -4.74. The van der Waals surface area contributed by atoms with Gasteiger partial charge in [0.2, 0.25) is 0 Å². The summed E-state index contributed by atoms with van der Waals surface area (Å²) in [7, 11) is 0. The number of hydrogen-bond donors (Lipinski definition) is 1. The zero-order valence-corrected chi connectivity index (χ0v) is 29.8. The number of carbonyl (C=O) groups is 3. The quantitative estimate of drug-likeness (QED) is 0.125. The Hall–Kier alpha value is -2.05. The fourth-order valence-corrected chi connectivity index (χ4v) is 3.72. The average molecular weight is 681 g/mol. The number of rotatable bonds is 12. The van der Waals surface area contributed by atoms with Crippen LogP contribution in [-0.4, -0.2) is 59.3 Å². The lowest BCUT2D eigenvalue weighted by molar-refractivity contribution is -0.261. The van der Waals surface area contributed by atoms with Crippen molar-refractivity contribution in [3.8, 4) is 0 Å². The number of carbonyl (C=O) groups excluding carboxylic acids is 3. The SMILES string of the molecule is CCC(C)(C)C(=O)OC(C)CC(C)(O)C(F)(F)F.CCC(C)(C)C(=O)OCC(F)(F)F.CCC1(OC(=O)C(C)(C)CC)CCCC1. The summed E-state index contributed by atoms with van der Waals surface area (Å²) >= 11 is 0. The third kappa shape index (κ3) is 16.2. The van der Waals surface area contributed by atoms with Crippen molar-refractivity contribution < 1.29 is 60.0 Å². The molecule has 0 heterocycles. The molecule has 2 unspecified atom stereocenters. The van der Waals surface area contributed by atoms with Crippen LogP contribution in [0.25, 0.3) is 0 Å². The van der Waals surface area contributed by atoms with Crippen LogP contribution in [-0.2, 0) is 28.6 Å². The second-order valence-corrected chi connectivity index (χ2v) is 14.2. The van der Waals surface area contributed by atoms with E-state index in [-0.39, 0.29) is 17.0 Å². The molecule has 46 heavy (non-hydrogen) atoms. The highest BCUT2D eigenvalue weighted by molar-refractivity contribution is 5.77. The molecule has 0 aromatic rings. The summed E-state index contributed by atoms with van der Waals surface area (Å²) in [5.74, 6) is -1.39. The van der Waals surface area contributed by atoms with E-state index in [2.05, 4.69) is 11.7 Å². The number of alkyl halides is 6. The summed E-state index contributed by atoms with van der Waals surface area (Å²) in [5, 5.41) is 9.28. The molecule has 0 aromatic carbocycles. The van der Waals surface area contributed by atoms with E-state index >= 15 is 0 Å². The molecule has 0 aromatic heterocycles. The Kier molecular flexibility index (Phi) is 17.9. The van der Waals surface area contributed by atoms with E-state index < -0.39 is 59.9 Å². The predicted molar refractivity (Wildman–Crippen MR) is 164 cm³/mol. The molecule has 7 nitrogen and oxygen atoms in total. The minimum Gasteiger partial charge on any atom is -0.462 e. The Morgan fingerprint density at radius 2 is 1.11 bits per heavy atom. The third-order valence-corrected chi connectivity index (χ3v) is 8.75. The first-order valence-electron chi connectivity index (χ1n) is 16.0. The van der Waals surface area contributed by atoms with E-state index in [0.29, 0.717) is 19.8 Å². The largest absolute Gasteiger partial charge is 0.462 e. The molecule has 1 aliphatic carbocycles. The lowest BCUT2D eigenvalue weighted by Gasteiger charge is -2.32. The number of hydrogen-bond acceptors (Lipinski definition) is 7. The minimum absolute atomic E-state index is 0.0197. The number of ether oxygens (including phenoxy) is 3. The Morgan fingerprint density at radius 1 is 0.717 bits per heavy atom. The van der Waals surface area contributed by atoms with E-state index in [1.165, 1.54) is 19.8 Å². The Bertz CT molecular complexity index is 947. The Morgan fingerprint density at radius 3 is 1.46 bits per heavy atom. The van der Waals surface area contributed by atoms with E-state index in [0.717, 1.165) is 25.7 Å². The van der Waals surface area contributed by atoms with Gasteiger partial charge in [-0.25, -0.2) is 0 Å². The van der Waals surface area contributed by atoms with Gasteiger partial charge in [-0.05, 0) is 107 Å². The van der Waals surface area contributed by atoms with Crippen molar-refractivity contribution in [2.45, 2.75) is 171 Å². The van der Waals surface area contributed by atoms with Crippen LogP contribution in [0.4, 0.5) is 26.3 Å². The van der Waals surface area contributed by atoms with Crippen molar-refractivity contribution in [1.29, 1.82) is 0 Å². The average Bonchev–Trinajstić information content (AvgIpc) is 3.39. The highest BCUT2D eigenvalue weighted by atomic mass is 19.4. The van der Waals surface area contributed by atoms with Crippen LogP contribution in [0.15, 0.2) is 0 Å². The fourth-order valence-electron chi connectivity index (χ4n) is 3.72. The van der Waals surface area contributed by atoms with Crippen LogP contribution < -0.4 is 0 Å². The maximum atomic E-state index is 12.4. The van der Waals surface area contributed by atoms with Gasteiger partial charge >= 0.3 is 30.3 Å². The Labute approximate surface area is 271 Å². The molecular formula is C33H58F6O7. The third-order valence-electron chi connectivity index (χ3n) is 8.75. The van der Waals surface area contributed by atoms with E-state index in [4.69, 9.17) is 9.47 Å². The van der Waals surface area contributed by atoms with Crippen LogP contribution in [0, 0.1) is 16.2 Å². The second-order valence-electron chi connectivity index (χ2n) is 14.2. The van der Waals surface area contributed by atoms with Crippen molar-refractivity contribution in [1.82, 2.24) is 0 Å². The van der Waals surface area contributed by atoms with Crippen LogP contribution in [0.5, 0.6) is 0 Å². The lowest BCUT2D eigenvalue weighted by Crippen LogP contribution is -2.45. The molecule has 2 atom stereocenters. The number of halogens is 6. The van der Waals surface area contributed by atoms with E-state index in [1.807, 2.05) is 20.8 Å². The standard InChI is InChI=1S/C13H24O2.C12H21F3O3.C8H13F3O2/c1-5-12(3,4)11(14)15-13(6-2)9-7-8-10-13;1-6-10(3,4)9(16)18-8(2)7-11(5,17)12(13,14)15;1-4-7(2,3)6(12)13-5-8(9,10)11/h5-10H2,1-4H3;8,17H,6-7H2,1-5H3;4-5H2,1-3H3. The molecular weight excluding hydrogens is 622 g/mol. The first-order valence-corrected chi connectivity index (χ1v) is 16.0.